The molecule has 1 fully saturated rings. The van der Waals surface area contributed by atoms with Gasteiger partial charge in [-0.3, -0.25) is 19.7 Å². The van der Waals surface area contributed by atoms with Gasteiger partial charge in [0.2, 0.25) is 5.91 Å². The second-order valence-corrected chi connectivity index (χ2v) is 7.48. The summed E-state index contributed by atoms with van der Waals surface area (Å²) in [6, 6.07) is 10.8. The molecule has 1 aromatic carbocycles. The number of nitrogens with zero attached hydrogens (tertiary/aromatic N) is 3. The van der Waals surface area contributed by atoms with Gasteiger partial charge >= 0.3 is 0 Å². The highest BCUT2D eigenvalue weighted by Gasteiger charge is 2.29. The van der Waals surface area contributed by atoms with Gasteiger partial charge in [-0.1, -0.05) is 6.07 Å². The number of amides is 2. The van der Waals surface area contributed by atoms with Gasteiger partial charge in [0.25, 0.3) is 5.91 Å². The number of aromatic nitrogens is 4. The zero-order valence-corrected chi connectivity index (χ0v) is 16.4. The van der Waals surface area contributed by atoms with Crippen LogP contribution in [0.15, 0.2) is 55.0 Å². The number of fused-ring (bicyclic) bond motifs is 1. The van der Waals surface area contributed by atoms with Gasteiger partial charge in [-0.25, -0.2) is 4.98 Å². The van der Waals surface area contributed by atoms with Gasteiger partial charge in [-0.05, 0) is 48.7 Å². The van der Waals surface area contributed by atoms with Gasteiger partial charge < -0.3 is 16.4 Å². The van der Waals surface area contributed by atoms with Crippen molar-refractivity contribution >= 4 is 39.9 Å². The molecule has 0 atom stereocenters. The average Bonchev–Trinajstić information content (AvgIpc) is 3.54. The summed E-state index contributed by atoms with van der Waals surface area (Å²) >= 11 is 0. The first-order chi connectivity index (χ1) is 15.1. The van der Waals surface area contributed by atoms with Crippen molar-refractivity contribution in [2.24, 2.45) is 5.92 Å². The molecule has 3 aromatic heterocycles. The maximum absolute atomic E-state index is 12.8. The minimum Gasteiger partial charge on any atom is -0.384 e. The monoisotopic (exact) mass is 413 g/mol. The molecule has 154 valence electrons. The SMILES string of the molecule is Nc1ccc(NC(=O)c2n[nH]c3ccc(-c4cncc(NC(=O)C5CC5)c4)cc23)cn1. The molecule has 0 spiro atoms. The molecule has 31 heavy (non-hydrogen) atoms. The van der Waals surface area contributed by atoms with Crippen LogP contribution in [0, 0.1) is 5.92 Å². The number of hydrogen-bond donors (Lipinski definition) is 4. The highest BCUT2D eigenvalue weighted by atomic mass is 16.2. The van der Waals surface area contributed by atoms with Crippen LogP contribution in [-0.2, 0) is 4.79 Å². The molecule has 1 aliphatic rings. The third-order valence-electron chi connectivity index (χ3n) is 5.11. The van der Waals surface area contributed by atoms with E-state index in [2.05, 4.69) is 30.8 Å². The van der Waals surface area contributed by atoms with Gasteiger partial charge in [0, 0.05) is 23.1 Å². The summed E-state index contributed by atoms with van der Waals surface area (Å²) in [6.07, 6.45) is 6.70. The molecular weight excluding hydrogens is 394 g/mol. The maximum atomic E-state index is 12.8. The van der Waals surface area contributed by atoms with Crippen molar-refractivity contribution < 1.29 is 9.59 Å². The van der Waals surface area contributed by atoms with Crippen molar-refractivity contribution in [1.29, 1.82) is 0 Å². The van der Waals surface area contributed by atoms with E-state index >= 15 is 0 Å². The Hall–Kier alpha value is -4.27. The number of benzene rings is 1. The Morgan fingerprint density at radius 3 is 2.61 bits per heavy atom. The first-order valence-corrected chi connectivity index (χ1v) is 9.84. The smallest absolute Gasteiger partial charge is 0.276 e. The predicted octanol–water partition coefficient (Wildman–Crippen LogP) is 3.20. The Bertz CT molecular complexity index is 1290. The fourth-order valence-electron chi connectivity index (χ4n) is 3.29. The molecule has 0 bridgehead atoms. The summed E-state index contributed by atoms with van der Waals surface area (Å²) in [6.45, 7) is 0. The summed E-state index contributed by atoms with van der Waals surface area (Å²) in [5.41, 5.74) is 9.43. The van der Waals surface area contributed by atoms with E-state index < -0.39 is 0 Å². The zero-order valence-electron chi connectivity index (χ0n) is 16.4. The number of H-pyrrole nitrogens is 1. The molecule has 1 aliphatic carbocycles. The number of carbonyl (C=O) groups excluding carboxylic acids is 2. The normalized spacial score (nSPS) is 13.2. The van der Waals surface area contributed by atoms with Crippen molar-refractivity contribution in [3.05, 3.63) is 60.7 Å². The zero-order chi connectivity index (χ0) is 21.4. The first-order valence-electron chi connectivity index (χ1n) is 9.84. The number of pyridine rings is 2. The molecule has 1 saturated carbocycles. The number of rotatable bonds is 5. The first kappa shape index (κ1) is 18.7. The number of nitrogen functional groups attached to an aromatic ring is 1. The Kier molecular flexibility index (Phi) is 4.55. The Balaban J connectivity index is 1.43. The largest absolute Gasteiger partial charge is 0.384 e. The van der Waals surface area contributed by atoms with E-state index in [1.54, 1.807) is 24.5 Å². The van der Waals surface area contributed by atoms with Crippen LogP contribution in [0.2, 0.25) is 0 Å². The van der Waals surface area contributed by atoms with E-state index in [-0.39, 0.29) is 23.4 Å². The van der Waals surface area contributed by atoms with E-state index in [1.807, 2.05) is 24.3 Å². The summed E-state index contributed by atoms with van der Waals surface area (Å²) in [7, 11) is 0. The molecule has 0 aliphatic heterocycles. The molecule has 2 amide bonds. The average molecular weight is 413 g/mol. The molecule has 5 rings (SSSR count). The minimum atomic E-state index is -0.362. The van der Waals surface area contributed by atoms with Crippen LogP contribution in [-0.4, -0.2) is 32.0 Å². The second-order valence-electron chi connectivity index (χ2n) is 7.48. The van der Waals surface area contributed by atoms with E-state index in [0.29, 0.717) is 22.6 Å². The van der Waals surface area contributed by atoms with Crippen molar-refractivity contribution in [2.75, 3.05) is 16.4 Å². The Labute approximate surface area is 177 Å². The molecule has 0 radical (unpaired) electrons. The fraction of sp³-hybridized carbons (Fsp3) is 0.136. The molecular formula is C22H19N7O2. The van der Waals surface area contributed by atoms with Gasteiger partial charge in [-0.15, -0.1) is 0 Å². The molecule has 0 unspecified atom stereocenters. The van der Waals surface area contributed by atoms with Gasteiger partial charge in [-0.2, -0.15) is 5.10 Å². The van der Waals surface area contributed by atoms with Gasteiger partial charge in [0.05, 0.1) is 29.3 Å². The quantitative estimate of drug-likeness (QED) is 0.396. The summed E-state index contributed by atoms with van der Waals surface area (Å²) in [5.74, 6) is 0.152. The van der Waals surface area contributed by atoms with Crippen LogP contribution in [0.5, 0.6) is 0 Å². The molecule has 3 heterocycles. The van der Waals surface area contributed by atoms with Crippen LogP contribution in [0.25, 0.3) is 22.0 Å². The number of carbonyl (C=O) groups is 2. The summed E-state index contributed by atoms with van der Waals surface area (Å²) in [4.78, 5) is 33.0. The van der Waals surface area contributed by atoms with Crippen molar-refractivity contribution in [3.8, 4) is 11.1 Å². The van der Waals surface area contributed by atoms with Crippen LogP contribution in [0.4, 0.5) is 17.2 Å². The van der Waals surface area contributed by atoms with Crippen LogP contribution in [0.3, 0.4) is 0 Å². The van der Waals surface area contributed by atoms with Gasteiger partial charge in [0.15, 0.2) is 5.69 Å². The second kappa shape index (κ2) is 7.52. The predicted molar refractivity (Wildman–Crippen MR) is 117 cm³/mol. The van der Waals surface area contributed by atoms with Crippen molar-refractivity contribution in [1.82, 2.24) is 20.2 Å². The number of aromatic amines is 1. The van der Waals surface area contributed by atoms with Crippen LogP contribution < -0.4 is 16.4 Å². The number of hydrogen-bond acceptors (Lipinski definition) is 6. The van der Waals surface area contributed by atoms with Crippen LogP contribution >= 0.6 is 0 Å². The van der Waals surface area contributed by atoms with E-state index in [1.165, 1.54) is 6.20 Å². The lowest BCUT2D eigenvalue weighted by molar-refractivity contribution is -0.117. The number of anilines is 3. The highest BCUT2D eigenvalue weighted by molar-refractivity contribution is 6.11. The highest BCUT2D eigenvalue weighted by Crippen LogP contribution is 2.31. The third-order valence-corrected chi connectivity index (χ3v) is 5.11. The number of nitrogens with two attached hydrogens (primary N) is 1. The minimum absolute atomic E-state index is 0.0281. The third kappa shape index (κ3) is 3.93. The maximum Gasteiger partial charge on any atom is 0.276 e. The topological polar surface area (TPSA) is 139 Å². The fourth-order valence-corrected chi connectivity index (χ4v) is 3.29. The van der Waals surface area contributed by atoms with E-state index in [9.17, 15) is 9.59 Å². The lowest BCUT2D eigenvalue weighted by Gasteiger charge is -2.07. The molecule has 4 aromatic rings. The molecule has 9 nitrogen and oxygen atoms in total. The Morgan fingerprint density at radius 1 is 0.968 bits per heavy atom. The van der Waals surface area contributed by atoms with Crippen LogP contribution in [0.1, 0.15) is 23.3 Å². The van der Waals surface area contributed by atoms with Crippen molar-refractivity contribution in [3.63, 3.8) is 0 Å². The standard InChI is InChI=1S/C22H19N7O2/c23-19-6-4-15(11-25-19)26-22(31)20-17-8-13(3-5-18(17)28-29-20)14-7-16(10-24-9-14)27-21(30)12-1-2-12/h3-12H,1-2H2,(H2,23,25)(H,26,31)(H,27,30)(H,28,29). The lowest BCUT2D eigenvalue weighted by Crippen LogP contribution is -2.13. The van der Waals surface area contributed by atoms with Gasteiger partial charge in [0.1, 0.15) is 5.82 Å². The Morgan fingerprint density at radius 2 is 1.84 bits per heavy atom. The van der Waals surface area contributed by atoms with Crippen molar-refractivity contribution in [2.45, 2.75) is 12.8 Å². The van der Waals surface area contributed by atoms with E-state index in [4.69, 9.17) is 5.73 Å². The summed E-state index contributed by atoms with van der Waals surface area (Å²) < 4.78 is 0. The molecule has 0 saturated heterocycles. The summed E-state index contributed by atoms with van der Waals surface area (Å²) in [5, 5.41) is 13.4. The lowest BCUT2D eigenvalue weighted by atomic mass is 10.0. The molecule has 9 heteroatoms. The van der Waals surface area contributed by atoms with E-state index in [0.717, 1.165) is 29.5 Å². The number of nitrogens with one attached hydrogen (secondary N) is 3. The molecule has 5 N–H and O–H groups in total.